The van der Waals surface area contributed by atoms with E-state index in [9.17, 15) is 9.59 Å². The number of hydrogen-bond acceptors (Lipinski definition) is 5. The zero-order chi connectivity index (χ0) is 17.0. The zero-order valence-corrected chi connectivity index (χ0v) is 13.8. The minimum atomic E-state index is -0.583. The predicted molar refractivity (Wildman–Crippen MR) is 85.2 cm³/mol. The van der Waals surface area contributed by atoms with Crippen molar-refractivity contribution in [2.75, 3.05) is 19.0 Å². The van der Waals surface area contributed by atoms with Gasteiger partial charge in [-0.3, -0.25) is 9.59 Å². The van der Waals surface area contributed by atoms with Gasteiger partial charge in [-0.15, -0.1) is 0 Å². The van der Waals surface area contributed by atoms with Crippen LogP contribution in [0.5, 0.6) is 5.75 Å². The smallest absolute Gasteiger partial charge is 0.257 e. The SMILES string of the molecule is COc1c(Cl)ccc(Cl)c1C(=O)NCC(=O)Nc1cc(C)on1. The summed E-state index contributed by atoms with van der Waals surface area (Å²) in [7, 11) is 1.37. The monoisotopic (exact) mass is 357 g/mol. The third-order valence-electron chi connectivity index (χ3n) is 2.79. The van der Waals surface area contributed by atoms with E-state index in [2.05, 4.69) is 15.8 Å². The van der Waals surface area contributed by atoms with E-state index in [0.717, 1.165) is 0 Å². The van der Waals surface area contributed by atoms with Crippen molar-refractivity contribution in [3.63, 3.8) is 0 Å². The molecule has 0 unspecified atom stereocenters. The van der Waals surface area contributed by atoms with Crippen molar-refractivity contribution in [3.05, 3.63) is 39.6 Å². The number of methoxy groups -OCH3 is 1. The Labute approximate surface area is 141 Å². The summed E-state index contributed by atoms with van der Waals surface area (Å²) in [5, 5.41) is 8.93. The van der Waals surface area contributed by atoms with Gasteiger partial charge in [0, 0.05) is 6.07 Å². The Morgan fingerprint density at radius 1 is 1.30 bits per heavy atom. The molecule has 0 aliphatic carbocycles. The molecule has 0 bridgehead atoms. The molecule has 9 heteroatoms. The quantitative estimate of drug-likeness (QED) is 0.857. The molecule has 2 aromatic rings. The van der Waals surface area contributed by atoms with Crippen LogP contribution in [0.3, 0.4) is 0 Å². The first-order valence-corrected chi connectivity index (χ1v) is 7.21. The topological polar surface area (TPSA) is 93.5 Å². The second-order valence-electron chi connectivity index (χ2n) is 4.49. The van der Waals surface area contributed by atoms with Crippen LogP contribution in [-0.2, 0) is 4.79 Å². The van der Waals surface area contributed by atoms with E-state index in [1.807, 2.05) is 0 Å². The fourth-order valence-corrected chi connectivity index (χ4v) is 2.27. The van der Waals surface area contributed by atoms with Crippen LogP contribution in [0.25, 0.3) is 0 Å². The van der Waals surface area contributed by atoms with Gasteiger partial charge < -0.3 is 19.9 Å². The number of rotatable bonds is 5. The number of aromatic nitrogens is 1. The molecule has 0 atom stereocenters. The van der Waals surface area contributed by atoms with Crippen LogP contribution < -0.4 is 15.4 Å². The molecule has 0 fully saturated rings. The molecule has 1 aromatic heterocycles. The van der Waals surface area contributed by atoms with Crippen LogP contribution in [0, 0.1) is 6.92 Å². The van der Waals surface area contributed by atoms with Gasteiger partial charge in [0.15, 0.2) is 11.6 Å². The highest BCUT2D eigenvalue weighted by atomic mass is 35.5. The third-order valence-corrected chi connectivity index (χ3v) is 3.41. The molecule has 0 radical (unpaired) electrons. The highest BCUT2D eigenvalue weighted by Gasteiger charge is 2.20. The van der Waals surface area contributed by atoms with E-state index in [1.165, 1.54) is 19.2 Å². The summed E-state index contributed by atoms with van der Waals surface area (Å²) >= 11 is 12.0. The minimum Gasteiger partial charge on any atom is -0.494 e. The molecular weight excluding hydrogens is 345 g/mol. The van der Waals surface area contributed by atoms with E-state index in [0.29, 0.717) is 5.76 Å². The van der Waals surface area contributed by atoms with Crippen molar-refractivity contribution in [2.24, 2.45) is 0 Å². The molecule has 0 aliphatic rings. The number of hydrogen-bond donors (Lipinski definition) is 2. The summed E-state index contributed by atoms with van der Waals surface area (Å²) in [4.78, 5) is 24.0. The molecule has 2 amide bonds. The van der Waals surface area contributed by atoms with Gasteiger partial charge in [0.25, 0.3) is 5.91 Å². The average molecular weight is 358 g/mol. The van der Waals surface area contributed by atoms with Crippen LogP contribution in [0.15, 0.2) is 22.7 Å². The Kier molecular flexibility index (Phi) is 5.46. The number of anilines is 1. The summed E-state index contributed by atoms with van der Waals surface area (Å²) < 4.78 is 9.90. The number of aryl methyl sites for hydroxylation is 1. The van der Waals surface area contributed by atoms with E-state index in [-0.39, 0.29) is 33.7 Å². The summed E-state index contributed by atoms with van der Waals surface area (Å²) in [6.45, 7) is 1.41. The molecule has 7 nitrogen and oxygen atoms in total. The number of benzene rings is 1. The van der Waals surface area contributed by atoms with Crippen molar-refractivity contribution in [2.45, 2.75) is 6.92 Å². The molecule has 2 N–H and O–H groups in total. The Morgan fingerprint density at radius 3 is 2.61 bits per heavy atom. The van der Waals surface area contributed by atoms with Crippen molar-refractivity contribution < 1.29 is 18.8 Å². The predicted octanol–water partition coefficient (Wildman–Crippen LogP) is 2.67. The van der Waals surface area contributed by atoms with Crippen LogP contribution in [-0.4, -0.2) is 30.6 Å². The molecule has 1 heterocycles. The van der Waals surface area contributed by atoms with E-state index < -0.39 is 11.8 Å². The minimum absolute atomic E-state index is 0.0618. The molecule has 0 saturated heterocycles. The standard InChI is InChI=1S/C14H13Cl2N3O4/c1-7-5-10(19-23-7)18-11(20)6-17-14(21)12-8(15)3-4-9(16)13(12)22-2/h3-5H,6H2,1-2H3,(H,17,21)(H,18,19,20). The zero-order valence-electron chi connectivity index (χ0n) is 12.3. The highest BCUT2D eigenvalue weighted by molar-refractivity contribution is 6.37. The first kappa shape index (κ1) is 17.1. The Bertz CT molecular complexity index is 746. The molecular formula is C14H13Cl2N3O4. The van der Waals surface area contributed by atoms with Crippen LogP contribution in [0.4, 0.5) is 5.82 Å². The van der Waals surface area contributed by atoms with E-state index in [4.69, 9.17) is 32.5 Å². The van der Waals surface area contributed by atoms with Gasteiger partial charge in [0.05, 0.1) is 23.7 Å². The third kappa shape index (κ3) is 4.14. The van der Waals surface area contributed by atoms with E-state index >= 15 is 0 Å². The lowest BCUT2D eigenvalue weighted by Crippen LogP contribution is -2.33. The maximum absolute atomic E-state index is 12.2. The molecule has 23 heavy (non-hydrogen) atoms. The summed E-state index contributed by atoms with van der Waals surface area (Å²) in [5.74, 6) is -0.0892. The molecule has 2 rings (SSSR count). The number of nitrogens with one attached hydrogen (secondary N) is 2. The number of carbonyl (C=O) groups is 2. The van der Waals surface area contributed by atoms with Gasteiger partial charge in [-0.25, -0.2) is 0 Å². The van der Waals surface area contributed by atoms with Gasteiger partial charge in [-0.1, -0.05) is 28.4 Å². The number of ether oxygens (including phenoxy) is 1. The largest absolute Gasteiger partial charge is 0.494 e. The van der Waals surface area contributed by atoms with E-state index in [1.54, 1.807) is 13.0 Å². The normalized spacial score (nSPS) is 10.3. The first-order chi connectivity index (χ1) is 10.9. The molecule has 1 aromatic carbocycles. The number of halogens is 2. The van der Waals surface area contributed by atoms with Crippen LogP contribution >= 0.6 is 23.2 Å². The average Bonchev–Trinajstić information content (AvgIpc) is 2.91. The lowest BCUT2D eigenvalue weighted by molar-refractivity contribution is -0.115. The molecule has 0 aliphatic heterocycles. The summed E-state index contributed by atoms with van der Waals surface area (Å²) in [6.07, 6.45) is 0. The molecule has 0 saturated carbocycles. The first-order valence-electron chi connectivity index (χ1n) is 6.45. The summed E-state index contributed by atoms with van der Waals surface area (Å²) in [5.41, 5.74) is 0.0618. The van der Waals surface area contributed by atoms with Gasteiger partial charge in [0.1, 0.15) is 11.3 Å². The van der Waals surface area contributed by atoms with Crippen LogP contribution in [0.2, 0.25) is 10.0 Å². The van der Waals surface area contributed by atoms with Crippen molar-refractivity contribution in [1.29, 1.82) is 0 Å². The van der Waals surface area contributed by atoms with Crippen molar-refractivity contribution in [3.8, 4) is 5.75 Å². The van der Waals surface area contributed by atoms with Crippen molar-refractivity contribution >= 4 is 40.8 Å². The Morgan fingerprint density at radius 2 is 2.00 bits per heavy atom. The Balaban J connectivity index is 2.02. The lowest BCUT2D eigenvalue weighted by Gasteiger charge is -2.12. The Hall–Kier alpha value is -2.25. The number of carbonyl (C=O) groups excluding carboxylic acids is 2. The van der Waals surface area contributed by atoms with Crippen molar-refractivity contribution in [1.82, 2.24) is 10.5 Å². The van der Waals surface area contributed by atoms with Gasteiger partial charge in [-0.05, 0) is 19.1 Å². The fraction of sp³-hybridized carbons (Fsp3) is 0.214. The number of nitrogens with zero attached hydrogens (tertiary/aromatic N) is 1. The fourth-order valence-electron chi connectivity index (χ4n) is 1.81. The second kappa shape index (κ2) is 7.34. The number of amides is 2. The maximum Gasteiger partial charge on any atom is 0.257 e. The maximum atomic E-state index is 12.2. The molecule has 0 spiro atoms. The van der Waals surface area contributed by atoms with Gasteiger partial charge >= 0.3 is 0 Å². The highest BCUT2D eigenvalue weighted by Crippen LogP contribution is 2.33. The summed E-state index contributed by atoms with van der Waals surface area (Å²) in [6, 6.07) is 4.54. The lowest BCUT2D eigenvalue weighted by atomic mass is 10.2. The van der Waals surface area contributed by atoms with Crippen LogP contribution in [0.1, 0.15) is 16.1 Å². The molecule has 122 valence electrons. The second-order valence-corrected chi connectivity index (χ2v) is 5.31. The van der Waals surface area contributed by atoms with Gasteiger partial charge in [0.2, 0.25) is 5.91 Å². The van der Waals surface area contributed by atoms with Gasteiger partial charge in [-0.2, -0.15) is 0 Å².